The molecule has 0 aromatic heterocycles. The number of hydrogen-bond donors (Lipinski definition) is 0. The highest BCUT2D eigenvalue weighted by molar-refractivity contribution is 14.1. The minimum atomic E-state index is -2.77. The van der Waals surface area contributed by atoms with Gasteiger partial charge in [0, 0.05) is 10.5 Å². The lowest BCUT2D eigenvalue weighted by Crippen LogP contribution is -2.20. The van der Waals surface area contributed by atoms with Crippen LogP contribution in [0.3, 0.4) is 0 Å². The zero-order valence-corrected chi connectivity index (χ0v) is 9.22. The maximum atomic E-state index is 12.4. The summed E-state index contributed by atoms with van der Waals surface area (Å²) >= 11 is 2.14. The normalized spacial score (nSPS) is 11.4. The van der Waals surface area contributed by atoms with Crippen LogP contribution >= 0.6 is 22.6 Å². The number of rotatable bonds is 3. The van der Waals surface area contributed by atoms with E-state index in [1.165, 1.54) is 0 Å². The lowest BCUT2D eigenvalue weighted by molar-refractivity contribution is -0.0229. The van der Waals surface area contributed by atoms with Crippen LogP contribution in [0.4, 0.5) is 8.78 Å². The Morgan fingerprint density at radius 2 is 1.85 bits per heavy atom. The Labute approximate surface area is 89.2 Å². The van der Waals surface area contributed by atoms with Gasteiger partial charge in [0.1, 0.15) is 5.75 Å². The third-order valence-electron chi connectivity index (χ3n) is 1.31. The summed E-state index contributed by atoms with van der Waals surface area (Å²) in [7, 11) is 0. The van der Waals surface area contributed by atoms with Crippen molar-refractivity contribution < 1.29 is 13.5 Å². The molecule has 1 nitrogen and oxygen atoms in total. The van der Waals surface area contributed by atoms with Crippen molar-refractivity contribution in [3.8, 4) is 5.75 Å². The molecule has 13 heavy (non-hydrogen) atoms. The van der Waals surface area contributed by atoms with Crippen molar-refractivity contribution in [1.29, 1.82) is 0 Å². The summed E-state index contributed by atoms with van der Waals surface area (Å²) in [6, 6.07) is 6.97. The molecule has 0 saturated carbocycles. The fourth-order valence-electron chi connectivity index (χ4n) is 0.741. The summed E-state index contributed by atoms with van der Waals surface area (Å²) in [5.74, 6) is -2.30. The van der Waals surface area contributed by atoms with E-state index in [0.29, 0.717) is 5.75 Å². The van der Waals surface area contributed by atoms with Gasteiger partial charge in [-0.25, -0.2) is 8.78 Å². The number of alkyl halides is 2. The molecule has 0 radical (unpaired) electrons. The van der Waals surface area contributed by atoms with Gasteiger partial charge in [0.25, 0.3) is 5.92 Å². The van der Waals surface area contributed by atoms with Crippen LogP contribution in [-0.4, -0.2) is 12.5 Å². The van der Waals surface area contributed by atoms with Crippen molar-refractivity contribution in [2.75, 3.05) is 6.61 Å². The molecule has 0 aliphatic rings. The van der Waals surface area contributed by atoms with Crippen molar-refractivity contribution in [1.82, 2.24) is 0 Å². The molecule has 0 fully saturated rings. The van der Waals surface area contributed by atoms with Crippen LogP contribution in [0.25, 0.3) is 0 Å². The van der Waals surface area contributed by atoms with E-state index in [4.69, 9.17) is 4.74 Å². The second-order valence-electron chi connectivity index (χ2n) is 2.81. The van der Waals surface area contributed by atoms with E-state index in [2.05, 4.69) is 22.6 Å². The standard InChI is InChI=1S/C9H9F2IO/c1-9(10,11)6-13-8-4-2-7(12)3-5-8/h2-5H,6H2,1H3. The summed E-state index contributed by atoms with van der Waals surface area (Å²) in [5, 5.41) is 0. The zero-order chi connectivity index (χ0) is 9.90. The van der Waals surface area contributed by atoms with Crippen molar-refractivity contribution >= 4 is 22.6 Å². The molecule has 0 bridgehead atoms. The first-order chi connectivity index (χ1) is 5.97. The van der Waals surface area contributed by atoms with Crippen LogP contribution in [0.1, 0.15) is 6.92 Å². The first-order valence-corrected chi connectivity index (χ1v) is 4.81. The Bertz CT molecular complexity index is 266. The van der Waals surface area contributed by atoms with Crippen LogP contribution in [0.2, 0.25) is 0 Å². The van der Waals surface area contributed by atoms with E-state index in [-0.39, 0.29) is 0 Å². The predicted octanol–water partition coefficient (Wildman–Crippen LogP) is 3.33. The van der Waals surface area contributed by atoms with Crippen LogP contribution in [0, 0.1) is 3.57 Å². The van der Waals surface area contributed by atoms with Crippen molar-refractivity contribution in [2.45, 2.75) is 12.8 Å². The molecule has 4 heteroatoms. The average molecular weight is 298 g/mol. The summed E-state index contributed by atoms with van der Waals surface area (Å²) in [6.45, 7) is 0.257. The molecule has 1 aromatic carbocycles. The summed E-state index contributed by atoms with van der Waals surface area (Å²) in [6.07, 6.45) is 0. The molecular weight excluding hydrogens is 289 g/mol. The largest absolute Gasteiger partial charge is 0.487 e. The monoisotopic (exact) mass is 298 g/mol. The highest BCUT2D eigenvalue weighted by Gasteiger charge is 2.21. The Morgan fingerprint density at radius 3 is 2.31 bits per heavy atom. The molecule has 0 amide bonds. The maximum Gasteiger partial charge on any atom is 0.278 e. The van der Waals surface area contributed by atoms with E-state index in [9.17, 15) is 8.78 Å². The molecule has 0 unspecified atom stereocenters. The van der Waals surface area contributed by atoms with Gasteiger partial charge < -0.3 is 4.74 Å². The molecule has 0 heterocycles. The molecule has 0 saturated heterocycles. The van der Waals surface area contributed by atoms with Crippen molar-refractivity contribution in [3.63, 3.8) is 0 Å². The van der Waals surface area contributed by atoms with E-state index in [1.54, 1.807) is 12.1 Å². The molecule has 1 rings (SSSR count). The van der Waals surface area contributed by atoms with Gasteiger partial charge in [-0.1, -0.05) is 0 Å². The minimum Gasteiger partial charge on any atom is -0.487 e. The van der Waals surface area contributed by atoms with Gasteiger partial charge >= 0.3 is 0 Å². The first kappa shape index (κ1) is 10.7. The first-order valence-electron chi connectivity index (χ1n) is 3.73. The molecular formula is C9H9F2IO. The van der Waals surface area contributed by atoms with Gasteiger partial charge in [0.15, 0.2) is 6.61 Å². The van der Waals surface area contributed by atoms with E-state index >= 15 is 0 Å². The van der Waals surface area contributed by atoms with Crippen molar-refractivity contribution in [2.24, 2.45) is 0 Å². The number of halogens is 3. The van der Waals surface area contributed by atoms with Gasteiger partial charge in [-0.15, -0.1) is 0 Å². The van der Waals surface area contributed by atoms with Crippen molar-refractivity contribution in [3.05, 3.63) is 27.8 Å². The SMILES string of the molecule is CC(F)(F)COc1ccc(I)cc1. The molecule has 72 valence electrons. The van der Waals surface area contributed by atoms with Gasteiger partial charge in [-0.05, 0) is 46.9 Å². The minimum absolute atomic E-state index is 0.474. The van der Waals surface area contributed by atoms with E-state index < -0.39 is 12.5 Å². The number of hydrogen-bond acceptors (Lipinski definition) is 1. The third-order valence-corrected chi connectivity index (χ3v) is 2.03. The molecule has 0 aliphatic carbocycles. The van der Waals surface area contributed by atoms with Crippen LogP contribution in [0.5, 0.6) is 5.75 Å². The average Bonchev–Trinajstić information content (AvgIpc) is 2.02. The van der Waals surface area contributed by atoms with E-state index in [0.717, 1.165) is 10.5 Å². The highest BCUT2D eigenvalue weighted by atomic mass is 127. The zero-order valence-electron chi connectivity index (χ0n) is 7.06. The topological polar surface area (TPSA) is 9.23 Å². The quantitative estimate of drug-likeness (QED) is 0.778. The van der Waals surface area contributed by atoms with Gasteiger partial charge in [0.2, 0.25) is 0 Å². The molecule has 0 atom stereocenters. The third kappa shape index (κ3) is 4.40. The maximum absolute atomic E-state index is 12.4. The lowest BCUT2D eigenvalue weighted by Gasteiger charge is -2.11. The lowest BCUT2D eigenvalue weighted by atomic mass is 10.3. The Hall–Kier alpha value is -0.390. The molecule has 1 aromatic rings. The summed E-state index contributed by atoms with van der Waals surface area (Å²) < 4.78 is 30.6. The summed E-state index contributed by atoms with van der Waals surface area (Å²) in [4.78, 5) is 0. The highest BCUT2D eigenvalue weighted by Crippen LogP contribution is 2.17. The fourth-order valence-corrected chi connectivity index (χ4v) is 1.10. The van der Waals surface area contributed by atoms with E-state index in [1.807, 2.05) is 12.1 Å². The second kappa shape index (κ2) is 4.21. The summed E-state index contributed by atoms with van der Waals surface area (Å²) in [5.41, 5.74) is 0. The predicted molar refractivity (Wildman–Crippen MR) is 55.3 cm³/mol. The van der Waals surface area contributed by atoms with Gasteiger partial charge in [-0.3, -0.25) is 0 Å². The van der Waals surface area contributed by atoms with Crippen LogP contribution in [0.15, 0.2) is 24.3 Å². The molecule has 0 spiro atoms. The molecule has 0 aliphatic heterocycles. The second-order valence-corrected chi connectivity index (χ2v) is 4.06. The smallest absolute Gasteiger partial charge is 0.278 e. The number of ether oxygens (including phenoxy) is 1. The molecule has 0 N–H and O–H groups in total. The number of benzene rings is 1. The van der Waals surface area contributed by atoms with Gasteiger partial charge in [0.05, 0.1) is 0 Å². The Morgan fingerprint density at radius 1 is 1.31 bits per heavy atom. The Kier molecular flexibility index (Phi) is 3.47. The van der Waals surface area contributed by atoms with Crippen LogP contribution < -0.4 is 4.74 Å². The van der Waals surface area contributed by atoms with Crippen LogP contribution in [-0.2, 0) is 0 Å². The van der Waals surface area contributed by atoms with Gasteiger partial charge in [-0.2, -0.15) is 0 Å². The fraction of sp³-hybridized carbons (Fsp3) is 0.333. The Balaban J connectivity index is 2.51.